The normalized spacial score (nSPS) is 52.4. The Labute approximate surface area is 99.8 Å². The zero-order valence-electron chi connectivity index (χ0n) is 10.1. The van der Waals surface area contributed by atoms with Crippen LogP contribution in [0.25, 0.3) is 0 Å². The van der Waals surface area contributed by atoms with Crippen molar-refractivity contribution in [2.24, 2.45) is 17.8 Å². The number of halogens is 4. The molecule has 4 heteroatoms. The van der Waals surface area contributed by atoms with Gasteiger partial charge in [-0.15, -0.1) is 0 Å². The summed E-state index contributed by atoms with van der Waals surface area (Å²) in [5.41, 5.74) is 0. The summed E-state index contributed by atoms with van der Waals surface area (Å²) >= 11 is 0. The fourth-order valence-corrected chi connectivity index (χ4v) is 3.45. The van der Waals surface area contributed by atoms with Gasteiger partial charge in [0.2, 0.25) is 0 Å². The molecule has 2 saturated carbocycles. The van der Waals surface area contributed by atoms with Crippen molar-refractivity contribution in [2.45, 2.75) is 63.7 Å². The molecule has 2 rings (SSSR count). The number of alkyl halides is 4. The van der Waals surface area contributed by atoms with E-state index in [0.717, 1.165) is 0 Å². The van der Waals surface area contributed by atoms with Crippen LogP contribution in [0.2, 0.25) is 0 Å². The first-order valence-electron chi connectivity index (χ1n) is 6.55. The summed E-state index contributed by atoms with van der Waals surface area (Å²) in [5, 5.41) is 0. The lowest BCUT2D eigenvalue weighted by atomic mass is 9.69. The number of rotatable bonds is 1. The maximum atomic E-state index is 13.9. The second-order valence-corrected chi connectivity index (χ2v) is 5.79. The minimum atomic E-state index is -1.53. The third kappa shape index (κ3) is 2.76. The molecule has 0 aromatic rings. The molecule has 0 aromatic carbocycles. The van der Waals surface area contributed by atoms with E-state index in [1.165, 1.54) is 0 Å². The number of hydrogen-bond donors (Lipinski definition) is 0. The van der Waals surface area contributed by atoms with Crippen LogP contribution in [0.15, 0.2) is 0 Å². The zero-order chi connectivity index (χ0) is 12.6. The molecular formula is C13H20F4. The molecule has 100 valence electrons. The molecule has 17 heavy (non-hydrogen) atoms. The van der Waals surface area contributed by atoms with Crippen molar-refractivity contribution in [2.75, 3.05) is 0 Å². The minimum Gasteiger partial charge on any atom is -0.247 e. The van der Waals surface area contributed by atoms with Crippen LogP contribution in [-0.2, 0) is 0 Å². The highest BCUT2D eigenvalue weighted by molar-refractivity contribution is 4.93. The highest BCUT2D eigenvalue weighted by atomic mass is 19.2. The predicted molar refractivity (Wildman–Crippen MR) is 58.8 cm³/mol. The zero-order valence-corrected chi connectivity index (χ0v) is 10.1. The van der Waals surface area contributed by atoms with E-state index in [1.54, 1.807) is 0 Å². The molecular weight excluding hydrogens is 232 g/mol. The Bertz CT molecular complexity index is 246. The van der Waals surface area contributed by atoms with Crippen molar-refractivity contribution >= 4 is 0 Å². The first-order chi connectivity index (χ1) is 7.99. The van der Waals surface area contributed by atoms with Gasteiger partial charge in [0.15, 0.2) is 0 Å². The van der Waals surface area contributed by atoms with Crippen LogP contribution in [-0.4, -0.2) is 24.7 Å². The summed E-state index contributed by atoms with van der Waals surface area (Å²) in [6.07, 6.45) is -4.13. The molecule has 0 nitrogen and oxygen atoms in total. The van der Waals surface area contributed by atoms with Gasteiger partial charge >= 0.3 is 0 Å². The van der Waals surface area contributed by atoms with E-state index in [1.807, 2.05) is 6.92 Å². The Kier molecular flexibility index (Phi) is 3.99. The highest BCUT2D eigenvalue weighted by Crippen LogP contribution is 2.43. The molecule has 0 aliphatic heterocycles. The van der Waals surface area contributed by atoms with Gasteiger partial charge in [-0.05, 0) is 43.9 Å². The summed E-state index contributed by atoms with van der Waals surface area (Å²) in [6, 6.07) is 0. The third-order valence-corrected chi connectivity index (χ3v) is 4.37. The van der Waals surface area contributed by atoms with Gasteiger partial charge in [0, 0.05) is 5.92 Å². The Morgan fingerprint density at radius 2 is 1.29 bits per heavy atom. The summed E-state index contributed by atoms with van der Waals surface area (Å²) in [4.78, 5) is 0. The third-order valence-electron chi connectivity index (χ3n) is 4.37. The van der Waals surface area contributed by atoms with Crippen LogP contribution in [0, 0.1) is 17.8 Å². The standard InChI is InChI=1S/C13H20F4/c1-7-4-11(16)13(12(17)5-7)8-2-3-9(14)10(15)6-8/h7-13H,2-6H2,1H3. The average molecular weight is 252 g/mol. The van der Waals surface area contributed by atoms with Crippen LogP contribution in [0.5, 0.6) is 0 Å². The first-order valence-corrected chi connectivity index (χ1v) is 6.55. The fourth-order valence-electron chi connectivity index (χ4n) is 3.45. The van der Waals surface area contributed by atoms with E-state index in [2.05, 4.69) is 0 Å². The van der Waals surface area contributed by atoms with Crippen molar-refractivity contribution in [3.8, 4) is 0 Å². The van der Waals surface area contributed by atoms with Crippen molar-refractivity contribution in [1.29, 1.82) is 0 Å². The monoisotopic (exact) mass is 252 g/mol. The van der Waals surface area contributed by atoms with E-state index >= 15 is 0 Å². The van der Waals surface area contributed by atoms with Crippen LogP contribution < -0.4 is 0 Å². The van der Waals surface area contributed by atoms with Crippen molar-refractivity contribution in [3.05, 3.63) is 0 Å². The van der Waals surface area contributed by atoms with Crippen molar-refractivity contribution < 1.29 is 17.6 Å². The molecule has 0 spiro atoms. The maximum Gasteiger partial charge on any atom is 0.131 e. The van der Waals surface area contributed by atoms with Gasteiger partial charge in [-0.25, -0.2) is 17.6 Å². The molecule has 0 amide bonds. The van der Waals surface area contributed by atoms with Gasteiger partial charge in [-0.1, -0.05) is 6.92 Å². The molecule has 0 bridgehead atoms. The van der Waals surface area contributed by atoms with E-state index in [-0.39, 0.29) is 24.7 Å². The Balaban J connectivity index is 2.01. The highest BCUT2D eigenvalue weighted by Gasteiger charge is 2.44. The van der Waals surface area contributed by atoms with E-state index < -0.39 is 30.6 Å². The topological polar surface area (TPSA) is 0 Å². The Hall–Kier alpha value is -0.280. The van der Waals surface area contributed by atoms with Crippen LogP contribution in [0.4, 0.5) is 17.6 Å². The maximum absolute atomic E-state index is 13.9. The molecule has 5 unspecified atom stereocenters. The predicted octanol–water partition coefficient (Wildman–Crippen LogP) is 4.19. The molecule has 0 radical (unpaired) electrons. The molecule has 0 heterocycles. The van der Waals surface area contributed by atoms with Crippen molar-refractivity contribution in [1.82, 2.24) is 0 Å². The second-order valence-electron chi connectivity index (χ2n) is 5.79. The lowest BCUT2D eigenvalue weighted by Gasteiger charge is -2.40. The molecule has 0 N–H and O–H groups in total. The molecule has 0 saturated heterocycles. The number of hydrogen-bond acceptors (Lipinski definition) is 0. The van der Waals surface area contributed by atoms with Gasteiger partial charge in [0.05, 0.1) is 0 Å². The summed E-state index contributed by atoms with van der Waals surface area (Å²) in [7, 11) is 0. The van der Waals surface area contributed by atoms with Crippen LogP contribution >= 0.6 is 0 Å². The van der Waals surface area contributed by atoms with Gasteiger partial charge in [-0.3, -0.25) is 0 Å². The van der Waals surface area contributed by atoms with Gasteiger partial charge in [-0.2, -0.15) is 0 Å². The van der Waals surface area contributed by atoms with E-state index in [9.17, 15) is 17.6 Å². The molecule has 5 atom stereocenters. The molecule has 0 aromatic heterocycles. The molecule has 2 aliphatic carbocycles. The smallest absolute Gasteiger partial charge is 0.131 e. The summed E-state index contributed by atoms with van der Waals surface area (Å²) in [6.45, 7) is 1.84. The lowest BCUT2D eigenvalue weighted by Crippen LogP contribution is -2.43. The fraction of sp³-hybridized carbons (Fsp3) is 1.00. The molecule has 2 aliphatic rings. The van der Waals surface area contributed by atoms with Crippen LogP contribution in [0.1, 0.15) is 39.0 Å². The summed E-state index contributed by atoms with van der Waals surface area (Å²) in [5.74, 6) is -0.985. The van der Waals surface area contributed by atoms with Crippen LogP contribution in [0.3, 0.4) is 0 Å². The first kappa shape index (κ1) is 13.2. The van der Waals surface area contributed by atoms with Crippen molar-refractivity contribution in [3.63, 3.8) is 0 Å². The molecule has 2 fully saturated rings. The minimum absolute atomic E-state index is 0.0128. The Morgan fingerprint density at radius 3 is 1.82 bits per heavy atom. The largest absolute Gasteiger partial charge is 0.247 e. The Morgan fingerprint density at radius 1 is 0.706 bits per heavy atom. The SMILES string of the molecule is CC1CC(F)C(C2CCC(F)C(F)C2)C(F)C1. The van der Waals surface area contributed by atoms with Gasteiger partial charge in [0.1, 0.15) is 24.7 Å². The summed E-state index contributed by atoms with van der Waals surface area (Å²) < 4.78 is 54.1. The lowest BCUT2D eigenvalue weighted by molar-refractivity contribution is -0.0228. The van der Waals surface area contributed by atoms with E-state index in [4.69, 9.17) is 0 Å². The van der Waals surface area contributed by atoms with E-state index in [0.29, 0.717) is 19.3 Å². The van der Waals surface area contributed by atoms with Gasteiger partial charge in [0.25, 0.3) is 0 Å². The average Bonchev–Trinajstić information content (AvgIpc) is 2.21. The quantitative estimate of drug-likeness (QED) is 0.614. The van der Waals surface area contributed by atoms with Gasteiger partial charge < -0.3 is 0 Å². The second kappa shape index (κ2) is 5.15.